The smallest absolute Gasteiger partial charge is 0.433 e. The zero-order valence-corrected chi connectivity index (χ0v) is 21.6. The van der Waals surface area contributed by atoms with E-state index < -0.39 is 11.9 Å². The van der Waals surface area contributed by atoms with Gasteiger partial charge in [-0.2, -0.15) is 13.2 Å². The first-order valence-electron chi connectivity index (χ1n) is 12.5. The molecule has 0 bridgehead atoms. The lowest BCUT2D eigenvalue weighted by Crippen LogP contribution is -2.57. The standard InChI is InChI=1S/C27H33F3N4O3/c1-17-18(2)23(37-16-25(35)32(3)4)10-9-21(17)22-7-5-6-20-15-33(12-13-34(20)22)26(36)19-8-11-24(31-14-19)27(28,29)30/h8-11,14,20,22H,5-7,12-13,15-16H2,1-4H3/t20-,22+/m0/s1. The minimum Gasteiger partial charge on any atom is -0.483 e. The number of benzene rings is 1. The van der Waals surface area contributed by atoms with Crippen molar-refractivity contribution < 1.29 is 27.5 Å². The molecule has 2 aliphatic heterocycles. The third-order valence-electron chi connectivity index (χ3n) is 7.52. The fourth-order valence-electron chi connectivity index (χ4n) is 5.24. The molecule has 3 heterocycles. The molecule has 1 aromatic carbocycles. The van der Waals surface area contributed by atoms with E-state index in [4.69, 9.17) is 4.74 Å². The van der Waals surface area contributed by atoms with Crippen molar-refractivity contribution in [2.45, 2.75) is 51.4 Å². The summed E-state index contributed by atoms with van der Waals surface area (Å²) in [4.78, 5) is 34.1. The minimum absolute atomic E-state index is 0.0113. The molecule has 4 rings (SSSR count). The van der Waals surface area contributed by atoms with Gasteiger partial charge < -0.3 is 14.5 Å². The number of carbonyl (C=O) groups excluding carboxylic acids is 2. The average molecular weight is 519 g/mol. The van der Waals surface area contributed by atoms with Crippen molar-refractivity contribution in [1.29, 1.82) is 0 Å². The minimum atomic E-state index is -4.53. The lowest BCUT2D eigenvalue weighted by atomic mass is 9.86. The summed E-state index contributed by atoms with van der Waals surface area (Å²) in [5.41, 5.74) is 2.53. The number of pyridine rings is 1. The number of piperazine rings is 1. The Bertz CT molecular complexity index is 1150. The molecular weight excluding hydrogens is 485 g/mol. The van der Waals surface area contributed by atoms with E-state index in [2.05, 4.69) is 22.9 Å². The Hall–Kier alpha value is -3.14. The molecule has 1 aromatic heterocycles. The van der Waals surface area contributed by atoms with Crippen LogP contribution < -0.4 is 4.74 Å². The van der Waals surface area contributed by atoms with Gasteiger partial charge in [-0.15, -0.1) is 0 Å². The van der Waals surface area contributed by atoms with Gasteiger partial charge in [0.1, 0.15) is 11.4 Å². The molecule has 2 atom stereocenters. The predicted molar refractivity (Wildman–Crippen MR) is 132 cm³/mol. The lowest BCUT2D eigenvalue weighted by molar-refractivity contribution is -0.141. The third-order valence-corrected chi connectivity index (χ3v) is 7.52. The van der Waals surface area contributed by atoms with Gasteiger partial charge in [0.05, 0.1) is 5.56 Å². The van der Waals surface area contributed by atoms with Crippen LogP contribution in [0.2, 0.25) is 0 Å². The maximum atomic E-state index is 13.0. The van der Waals surface area contributed by atoms with E-state index in [9.17, 15) is 22.8 Å². The van der Waals surface area contributed by atoms with E-state index in [-0.39, 0.29) is 36.1 Å². The number of alkyl halides is 3. The van der Waals surface area contributed by atoms with E-state index in [1.165, 1.54) is 16.5 Å². The Morgan fingerprint density at radius 2 is 1.84 bits per heavy atom. The molecule has 37 heavy (non-hydrogen) atoms. The number of piperidine rings is 1. The van der Waals surface area contributed by atoms with E-state index in [1.807, 2.05) is 13.0 Å². The molecule has 0 radical (unpaired) electrons. The molecule has 7 nitrogen and oxygen atoms in total. The van der Waals surface area contributed by atoms with Gasteiger partial charge >= 0.3 is 6.18 Å². The van der Waals surface area contributed by atoms with Crippen LogP contribution in [0.25, 0.3) is 0 Å². The van der Waals surface area contributed by atoms with E-state index in [0.717, 1.165) is 42.7 Å². The fourth-order valence-corrected chi connectivity index (χ4v) is 5.24. The number of fused-ring (bicyclic) bond motifs is 1. The number of ether oxygens (including phenoxy) is 1. The maximum absolute atomic E-state index is 13.0. The summed E-state index contributed by atoms with van der Waals surface area (Å²) in [6, 6.07) is 6.45. The van der Waals surface area contributed by atoms with E-state index >= 15 is 0 Å². The summed E-state index contributed by atoms with van der Waals surface area (Å²) in [6.45, 7) is 5.78. The highest BCUT2D eigenvalue weighted by Crippen LogP contribution is 2.39. The molecule has 2 aliphatic rings. The van der Waals surface area contributed by atoms with Crippen LogP contribution in [0.3, 0.4) is 0 Å². The lowest BCUT2D eigenvalue weighted by Gasteiger charge is -2.48. The Morgan fingerprint density at radius 1 is 1.08 bits per heavy atom. The van der Waals surface area contributed by atoms with Gasteiger partial charge in [-0.25, -0.2) is 0 Å². The van der Waals surface area contributed by atoms with Crippen molar-refractivity contribution in [2.75, 3.05) is 40.3 Å². The molecule has 10 heteroatoms. The molecule has 0 N–H and O–H groups in total. The fraction of sp³-hybridized carbons (Fsp3) is 0.519. The maximum Gasteiger partial charge on any atom is 0.433 e. The van der Waals surface area contributed by atoms with Crippen LogP contribution in [0.4, 0.5) is 13.2 Å². The first-order chi connectivity index (χ1) is 17.5. The Kier molecular flexibility index (Phi) is 7.77. The number of carbonyl (C=O) groups is 2. The molecule has 0 spiro atoms. The number of likely N-dealkylation sites (N-methyl/N-ethyl adjacent to an activating group) is 1. The van der Waals surface area contributed by atoms with Crippen LogP contribution in [0.15, 0.2) is 30.5 Å². The SMILES string of the molecule is Cc1c(OCC(=O)N(C)C)ccc([C@H]2CCC[C@H]3CN(C(=O)c4ccc(C(F)(F)F)nc4)CCN32)c1C. The summed E-state index contributed by atoms with van der Waals surface area (Å²) >= 11 is 0. The molecule has 2 saturated heterocycles. The number of hydrogen-bond acceptors (Lipinski definition) is 5. The van der Waals surface area contributed by atoms with Gasteiger partial charge in [-0.1, -0.05) is 6.07 Å². The molecule has 2 aromatic rings. The normalized spacial score (nSPS) is 20.4. The number of rotatable bonds is 5. The van der Waals surface area contributed by atoms with Crippen molar-refractivity contribution in [1.82, 2.24) is 19.7 Å². The Balaban J connectivity index is 1.45. The molecule has 0 unspecified atom stereocenters. The van der Waals surface area contributed by atoms with Crippen LogP contribution in [-0.4, -0.2) is 77.9 Å². The highest BCUT2D eigenvalue weighted by Gasteiger charge is 2.38. The van der Waals surface area contributed by atoms with Crippen molar-refractivity contribution in [3.05, 3.63) is 58.4 Å². The van der Waals surface area contributed by atoms with Crippen molar-refractivity contribution >= 4 is 11.8 Å². The van der Waals surface area contributed by atoms with Crippen molar-refractivity contribution in [2.24, 2.45) is 0 Å². The summed E-state index contributed by atoms with van der Waals surface area (Å²) in [5.74, 6) is 0.309. The number of nitrogens with zero attached hydrogens (tertiary/aromatic N) is 4. The second-order valence-corrected chi connectivity index (χ2v) is 10.00. The molecular formula is C27H33F3N4O3. The van der Waals surface area contributed by atoms with Crippen LogP contribution in [0.1, 0.15) is 58.0 Å². The van der Waals surface area contributed by atoms with Crippen LogP contribution >= 0.6 is 0 Å². The summed E-state index contributed by atoms with van der Waals surface area (Å²) in [5, 5.41) is 0. The quantitative estimate of drug-likeness (QED) is 0.593. The van der Waals surface area contributed by atoms with Crippen LogP contribution in [-0.2, 0) is 11.0 Å². The highest BCUT2D eigenvalue weighted by atomic mass is 19.4. The summed E-state index contributed by atoms with van der Waals surface area (Å²) in [6.07, 6.45) is -0.536. The topological polar surface area (TPSA) is 66.0 Å². The van der Waals surface area contributed by atoms with Crippen molar-refractivity contribution in [3.8, 4) is 5.75 Å². The van der Waals surface area contributed by atoms with Gasteiger partial charge in [0, 0.05) is 52.0 Å². The van der Waals surface area contributed by atoms with Gasteiger partial charge in [0.25, 0.3) is 11.8 Å². The van der Waals surface area contributed by atoms with Crippen molar-refractivity contribution in [3.63, 3.8) is 0 Å². The average Bonchev–Trinajstić information content (AvgIpc) is 2.88. The summed E-state index contributed by atoms with van der Waals surface area (Å²) < 4.78 is 44.3. The van der Waals surface area contributed by atoms with Crippen LogP contribution in [0.5, 0.6) is 5.75 Å². The number of hydrogen-bond donors (Lipinski definition) is 0. The zero-order valence-electron chi connectivity index (χ0n) is 21.6. The molecule has 0 aliphatic carbocycles. The molecule has 0 saturated carbocycles. The van der Waals surface area contributed by atoms with E-state index in [0.29, 0.717) is 25.4 Å². The molecule has 2 fully saturated rings. The third kappa shape index (κ3) is 5.74. The van der Waals surface area contributed by atoms with Gasteiger partial charge in [-0.05, 0) is 68.0 Å². The number of amides is 2. The highest BCUT2D eigenvalue weighted by molar-refractivity contribution is 5.94. The Labute approximate surface area is 215 Å². The predicted octanol–water partition coefficient (Wildman–Crippen LogP) is 4.24. The Morgan fingerprint density at radius 3 is 2.49 bits per heavy atom. The number of aromatic nitrogens is 1. The van der Waals surface area contributed by atoms with Gasteiger partial charge in [0.2, 0.25) is 0 Å². The second kappa shape index (κ2) is 10.7. The monoisotopic (exact) mass is 518 g/mol. The first kappa shape index (κ1) is 26.9. The van der Waals surface area contributed by atoms with Gasteiger partial charge in [0.15, 0.2) is 6.61 Å². The number of halogens is 3. The van der Waals surface area contributed by atoms with Gasteiger partial charge in [-0.3, -0.25) is 19.5 Å². The van der Waals surface area contributed by atoms with Crippen LogP contribution in [0, 0.1) is 13.8 Å². The summed E-state index contributed by atoms with van der Waals surface area (Å²) in [7, 11) is 3.39. The molecule has 200 valence electrons. The van der Waals surface area contributed by atoms with E-state index in [1.54, 1.807) is 19.0 Å². The largest absolute Gasteiger partial charge is 0.483 e. The molecule has 2 amide bonds. The first-order valence-corrected chi connectivity index (χ1v) is 12.5. The second-order valence-electron chi connectivity index (χ2n) is 10.00. The zero-order chi connectivity index (χ0) is 26.9.